The van der Waals surface area contributed by atoms with Crippen LogP contribution in [0.4, 0.5) is 11.4 Å². The minimum Gasteiger partial charge on any atom is -0.481 e. The summed E-state index contributed by atoms with van der Waals surface area (Å²) in [4.78, 5) is 38.4. The molecule has 12 nitrogen and oxygen atoms in total. The van der Waals surface area contributed by atoms with Crippen LogP contribution in [-0.2, 0) is 32.2 Å². The van der Waals surface area contributed by atoms with Gasteiger partial charge < -0.3 is 29.9 Å². The second kappa shape index (κ2) is 18.1. The van der Waals surface area contributed by atoms with Crippen molar-refractivity contribution in [1.29, 1.82) is 0 Å². The molecule has 4 aromatic carbocycles. The molecule has 3 N–H and O–H groups in total. The fraction of sp³-hybridized carbons (Fsp3) is 0.366. The van der Waals surface area contributed by atoms with Crippen molar-refractivity contribution in [2.24, 2.45) is 0 Å². The molecule has 0 aliphatic carbocycles. The number of piperazine rings is 1. The van der Waals surface area contributed by atoms with Gasteiger partial charge in [0.1, 0.15) is 0 Å². The zero-order chi connectivity index (χ0) is 37.2. The highest BCUT2D eigenvalue weighted by Crippen LogP contribution is 2.39. The smallest absolute Gasteiger partial charge is 0.303 e. The van der Waals surface area contributed by atoms with Gasteiger partial charge in [0.15, 0.2) is 6.29 Å². The molecule has 0 unspecified atom stereocenters. The summed E-state index contributed by atoms with van der Waals surface area (Å²) in [6.45, 7) is 4.33. The van der Waals surface area contributed by atoms with E-state index < -0.39 is 12.3 Å². The van der Waals surface area contributed by atoms with Gasteiger partial charge in [-0.2, -0.15) is 0 Å². The average Bonchev–Trinajstić information content (AvgIpc) is 3.19. The van der Waals surface area contributed by atoms with Crippen LogP contribution in [0.1, 0.15) is 66.8 Å². The van der Waals surface area contributed by atoms with Gasteiger partial charge in [-0.25, -0.2) is 0 Å². The molecule has 4 aromatic rings. The lowest BCUT2D eigenvalue weighted by Crippen LogP contribution is -2.49. The fourth-order valence-electron chi connectivity index (χ4n) is 6.87. The number of carboxylic acid groups (broad SMARTS) is 1. The number of carbonyl (C=O) groups is 2. The van der Waals surface area contributed by atoms with Crippen LogP contribution in [0.5, 0.6) is 0 Å². The van der Waals surface area contributed by atoms with Crippen molar-refractivity contribution in [2.75, 3.05) is 37.6 Å². The van der Waals surface area contributed by atoms with E-state index in [0.29, 0.717) is 32.2 Å². The van der Waals surface area contributed by atoms with Crippen molar-refractivity contribution in [3.05, 3.63) is 129 Å². The molecule has 278 valence electrons. The zero-order valence-electron chi connectivity index (χ0n) is 29.6. The van der Waals surface area contributed by atoms with Crippen molar-refractivity contribution in [1.82, 2.24) is 10.2 Å². The Kier molecular flexibility index (Phi) is 12.8. The Bertz CT molecular complexity index is 1840. The van der Waals surface area contributed by atoms with Gasteiger partial charge in [-0.3, -0.25) is 24.6 Å². The van der Waals surface area contributed by atoms with Crippen LogP contribution in [0, 0.1) is 10.1 Å². The molecular formula is C41H46N4O8. The van der Waals surface area contributed by atoms with Crippen molar-refractivity contribution in [3.8, 4) is 11.1 Å². The first-order chi connectivity index (χ1) is 25.7. The van der Waals surface area contributed by atoms with Gasteiger partial charge in [-0.05, 0) is 64.9 Å². The van der Waals surface area contributed by atoms with E-state index in [9.17, 15) is 24.8 Å². The molecule has 6 rings (SSSR count). The largest absolute Gasteiger partial charge is 0.481 e. The molecule has 12 heteroatoms. The monoisotopic (exact) mass is 722 g/mol. The van der Waals surface area contributed by atoms with Crippen LogP contribution in [-0.4, -0.2) is 70.7 Å². The predicted molar refractivity (Wildman–Crippen MR) is 200 cm³/mol. The number of benzene rings is 4. The summed E-state index contributed by atoms with van der Waals surface area (Å²) in [5.74, 6) is -0.953. The van der Waals surface area contributed by atoms with Crippen LogP contribution in [0.15, 0.2) is 97.1 Å². The molecule has 0 bridgehead atoms. The summed E-state index contributed by atoms with van der Waals surface area (Å²) in [5, 5.41) is 32.4. The quantitative estimate of drug-likeness (QED) is 0.0715. The van der Waals surface area contributed by atoms with Crippen LogP contribution in [0.25, 0.3) is 11.1 Å². The van der Waals surface area contributed by atoms with Gasteiger partial charge in [0, 0.05) is 81.9 Å². The molecule has 2 aliphatic heterocycles. The van der Waals surface area contributed by atoms with Crippen molar-refractivity contribution < 1.29 is 34.2 Å². The summed E-state index contributed by atoms with van der Waals surface area (Å²) in [6.07, 6.45) is 1.11. The van der Waals surface area contributed by atoms with Crippen molar-refractivity contribution >= 4 is 23.3 Å². The van der Waals surface area contributed by atoms with Crippen LogP contribution >= 0.6 is 0 Å². The Morgan fingerprint density at radius 3 is 2.21 bits per heavy atom. The third kappa shape index (κ3) is 10.5. The normalized spacial score (nSPS) is 19.1. The third-order valence-corrected chi connectivity index (χ3v) is 9.83. The van der Waals surface area contributed by atoms with E-state index in [1.807, 2.05) is 72.8 Å². The van der Waals surface area contributed by atoms with E-state index in [4.69, 9.17) is 14.6 Å². The lowest BCUT2D eigenvalue weighted by Gasteiger charge is -2.41. The minimum atomic E-state index is -0.852. The molecule has 0 radical (unpaired) electrons. The van der Waals surface area contributed by atoms with Gasteiger partial charge in [0.25, 0.3) is 5.69 Å². The number of nitrogens with one attached hydrogen (secondary N) is 1. The highest BCUT2D eigenvalue weighted by Gasteiger charge is 2.34. The van der Waals surface area contributed by atoms with Crippen molar-refractivity contribution in [3.63, 3.8) is 0 Å². The van der Waals surface area contributed by atoms with Gasteiger partial charge >= 0.3 is 5.97 Å². The number of rotatable bonds is 15. The molecule has 3 atom stereocenters. The average molecular weight is 723 g/mol. The van der Waals surface area contributed by atoms with Gasteiger partial charge in [-0.1, -0.05) is 60.7 Å². The van der Waals surface area contributed by atoms with E-state index in [0.717, 1.165) is 71.8 Å². The predicted octanol–water partition coefficient (Wildman–Crippen LogP) is 6.38. The maximum atomic E-state index is 12.3. The second-order valence-corrected chi connectivity index (χ2v) is 13.6. The second-order valence-electron chi connectivity index (χ2n) is 13.6. The number of aliphatic hydroxyl groups excluding tert-OH is 1. The minimum absolute atomic E-state index is 0.0268. The number of nitro groups is 1. The maximum absolute atomic E-state index is 12.3. The summed E-state index contributed by atoms with van der Waals surface area (Å²) < 4.78 is 13.3. The molecule has 0 spiro atoms. The van der Waals surface area contributed by atoms with E-state index in [1.165, 1.54) is 0 Å². The van der Waals surface area contributed by atoms with Crippen molar-refractivity contribution in [2.45, 2.75) is 63.8 Å². The van der Waals surface area contributed by atoms with Crippen LogP contribution in [0.2, 0.25) is 0 Å². The van der Waals surface area contributed by atoms with Gasteiger partial charge in [0.05, 0.1) is 23.7 Å². The standard InChI is InChI=1S/C41H46N4O8/c46-28-29-11-13-31(14-12-29)38-25-37(27-43-19-21-44(22-20-43)35-15-17-36(18-16-35)45(50)51)52-41(53-38)34-8-4-7-33(24-34)32-6-3-5-30(23-32)26-42-39(47)9-1-2-10-40(48)49/h3-8,11-18,23-24,37-38,41,46H,1-2,9-10,19-22,25-28H2,(H,42,47)(H,48,49)/t37-,38+,41+/m1/s1. The van der Waals surface area contributed by atoms with Crippen LogP contribution in [0.3, 0.4) is 0 Å². The van der Waals surface area contributed by atoms with E-state index in [-0.39, 0.29) is 41.8 Å². The summed E-state index contributed by atoms with van der Waals surface area (Å²) in [5.41, 5.74) is 6.76. The molecule has 0 aromatic heterocycles. The number of nitro benzene ring substituents is 1. The first kappa shape index (κ1) is 37.6. The summed E-state index contributed by atoms with van der Waals surface area (Å²) in [6, 6.07) is 30.7. The Morgan fingerprint density at radius 2 is 1.51 bits per heavy atom. The number of ether oxygens (including phenoxy) is 2. The highest BCUT2D eigenvalue weighted by atomic mass is 16.7. The summed E-state index contributed by atoms with van der Waals surface area (Å²) in [7, 11) is 0. The Labute approximate surface area is 309 Å². The number of carboxylic acids is 1. The number of aliphatic hydroxyl groups is 1. The zero-order valence-corrected chi connectivity index (χ0v) is 29.6. The lowest BCUT2D eigenvalue weighted by atomic mass is 9.98. The van der Waals surface area contributed by atoms with E-state index in [2.05, 4.69) is 27.2 Å². The number of unbranched alkanes of at least 4 members (excludes halogenated alkanes) is 1. The molecule has 1 amide bonds. The fourth-order valence-corrected chi connectivity index (χ4v) is 6.87. The Balaban J connectivity index is 1.12. The molecule has 2 saturated heterocycles. The number of hydrogen-bond acceptors (Lipinski definition) is 9. The van der Waals surface area contributed by atoms with E-state index in [1.54, 1.807) is 12.1 Å². The SMILES string of the molecule is O=C(O)CCCCC(=O)NCc1cccc(-c2cccc([C@H]3O[C@@H](CN4CCN(c5ccc([N+](=O)[O-])cc5)CC4)C[C@@H](c4ccc(CO)cc4)O3)c2)c1. The number of hydrogen-bond donors (Lipinski definition) is 3. The number of anilines is 1. The molecule has 0 saturated carbocycles. The Morgan fingerprint density at radius 1 is 0.811 bits per heavy atom. The number of aliphatic carboxylic acids is 1. The molecule has 2 aliphatic rings. The molecular weight excluding hydrogens is 676 g/mol. The number of non-ortho nitro benzene ring substituents is 1. The van der Waals surface area contributed by atoms with E-state index >= 15 is 0 Å². The molecule has 53 heavy (non-hydrogen) atoms. The van der Waals surface area contributed by atoms with Crippen LogP contribution < -0.4 is 10.2 Å². The summed E-state index contributed by atoms with van der Waals surface area (Å²) >= 11 is 0. The van der Waals surface area contributed by atoms with Gasteiger partial charge in [-0.15, -0.1) is 0 Å². The number of carbonyl (C=O) groups excluding carboxylic acids is 1. The molecule has 2 heterocycles. The first-order valence-corrected chi connectivity index (χ1v) is 18.1. The maximum Gasteiger partial charge on any atom is 0.303 e. The topological polar surface area (TPSA) is 155 Å². The lowest BCUT2D eigenvalue weighted by molar-refractivity contribution is -0.384. The van der Waals surface area contributed by atoms with Gasteiger partial charge in [0.2, 0.25) is 5.91 Å². The first-order valence-electron chi connectivity index (χ1n) is 18.1. The number of nitrogens with zero attached hydrogens (tertiary/aromatic N) is 3. The number of amides is 1. The molecule has 2 fully saturated rings. The highest BCUT2D eigenvalue weighted by molar-refractivity contribution is 5.76. The third-order valence-electron chi connectivity index (χ3n) is 9.83. The Hall–Kier alpha value is -5.14.